The van der Waals surface area contributed by atoms with Crippen molar-refractivity contribution in [3.8, 4) is 0 Å². The predicted molar refractivity (Wildman–Crippen MR) is 57.3 cm³/mol. The first kappa shape index (κ1) is 11.3. The fraction of sp³-hybridized carbons (Fsp3) is 0.900. The highest BCUT2D eigenvalue weighted by molar-refractivity contribution is 5.73. The van der Waals surface area contributed by atoms with Gasteiger partial charge in [-0.25, -0.2) is 4.79 Å². The van der Waals surface area contributed by atoms with Crippen molar-refractivity contribution in [3.05, 3.63) is 0 Å². The minimum atomic E-state index is -0.0696. The van der Waals surface area contributed by atoms with Gasteiger partial charge in [0.25, 0.3) is 0 Å². The summed E-state index contributed by atoms with van der Waals surface area (Å²) in [7, 11) is 1.65. The number of urea groups is 1. The average molecular weight is 199 g/mol. The summed E-state index contributed by atoms with van der Waals surface area (Å²) in [6.07, 6.45) is 4.74. The first-order valence-electron chi connectivity index (χ1n) is 5.49. The fourth-order valence-corrected chi connectivity index (χ4v) is 2.05. The molecular weight excluding hydrogens is 178 g/mol. The van der Waals surface area contributed by atoms with Gasteiger partial charge in [-0.2, -0.15) is 0 Å². The Balaban J connectivity index is 2.41. The molecule has 1 unspecified atom stereocenters. The maximum absolute atomic E-state index is 11.2. The molecule has 82 valence electrons. The number of carbonyl (C=O) groups excluding carboxylic acids is 1. The lowest BCUT2D eigenvalue weighted by Crippen LogP contribution is -2.53. The van der Waals surface area contributed by atoms with Crippen LogP contribution < -0.4 is 16.0 Å². The van der Waals surface area contributed by atoms with Crippen molar-refractivity contribution in [2.24, 2.45) is 0 Å². The smallest absolute Gasteiger partial charge is 0.314 e. The Hall–Kier alpha value is -0.770. The topological polar surface area (TPSA) is 53.2 Å². The van der Waals surface area contributed by atoms with Crippen molar-refractivity contribution in [1.29, 1.82) is 0 Å². The Morgan fingerprint density at radius 2 is 1.93 bits per heavy atom. The fourth-order valence-electron chi connectivity index (χ4n) is 2.05. The van der Waals surface area contributed by atoms with Crippen molar-refractivity contribution >= 4 is 6.03 Å². The van der Waals surface area contributed by atoms with Gasteiger partial charge in [-0.15, -0.1) is 0 Å². The number of rotatable bonds is 3. The van der Waals surface area contributed by atoms with Gasteiger partial charge < -0.3 is 16.0 Å². The summed E-state index contributed by atoms with van der Waals surface area (Å²) in [5, 5.41) is 9.01. The highest BCUT2D eigenvalue weighted by atomic mass is 16.2. The van der Waals surface area contributed by atoms with Crippen molar-refractivity contribution in [3.63, 3.8) is 0 Å². The zero-order valence-electron chi connectivity index (χ0n) is 9.10. The molecule has 0 saturated heterocycles. The lowest BCUT2D eigenvalue weighted by atomic mass is 9.90. The molecule has 1 aliphatic rings. The summed E-state index contributed by atoms with van der Waals surface area (Å²) in [6.45, 7) is 3.07. The van der Waals surface area contributed by atoms with E-state index >= 15 is 0 Å². The minimum absolute atomic E-state index is 0.0696. The molecule has 0 radical (unpaired) electrons. The van der Waals surface area contributed by atoms with Gasteiger partial charge in [-0.1, -0.05) is 19.8 Å². The summed E-state index contributed by atoms with van der Waals surface area (Å²) in [5.74, 6) is 0. The number of hydrogen-bond donors (Lipinski definition) is 3. The average Bonchev–Trinajstić information content (AvgIpc) is 2.21. The molecular formula is C10H21N3O. The van der Waals surface area contributed by atoms with Crippen LogP contribution in [-0.2, 0) is 0 Å². The Morgan fingerprint density at radius 1 is 1.29 bits per heavy atom. The van der Waals surface area contributed by atoms with E-state index in [1.807, 2.05) is 0 Å². The Kier molecular flexibility index (Phi) is 4.73. The molecule has 0 spiro atoms. The number of amides is 2. The minimum Gasteiger partial charge on any atom is -0.341 e. The van der Waals surface area contributed by atoms with Crippen LogP contribution in [0.15, 0.2) is 0 Å². The van der Waals surface area contributed by atoms with Crippen LogP contribution in [0.4, 0.5) is 4.79 Å². The molecule has 4 nitrogen and oxygen atoms in total. The van der Waals surface area contributed by atoms with E-state index in [0.29, 0.717) is 12.1 Å². The van der Waals surface area contributed by atoms with E-state index in [1.165, 1.54) is 19.3 Å². The van der Waals surface area contributed by atoms with E-state index in [4.69, 9.17) is 0 Å². The molecule has 0 aromatic heterocycles. The summed E-state index contributed by atoms with van der Waals surface area (Å²) >= 11 is 0. The van der Waals surface area contributed by atoms with Crippen LogP contribution in [-0.4, -0.2) is 31.7 Å². The van der Waals surface area contributed by atoms with E-state index in [9.17, 15) is 4.79 Å². The van der Waals surface area contributed by atoms with Gasteiger partial charge in [0, 0.05) is 19.1 Å². The zero-order chi connectivity index (χ0) is 10.4. The van der Waals surface area contributed by atoms with Crippen LogP contribution in [0.3, 0.4) is 0 Å². The van der Waals surface area contributed by atoms with E-state index in [0.717, 1.165) is 13.0 Å². The summed E-state index contributed by atoms with van der Waals surface area (Å²) in [5.41, 5.74) is 0. The van der Waals surface area contributed by atoms with Crippen LogP contribution in [0.2, 0.25) is 0 Å². The maximum Gasteiger partial charge on any atom is 0.314 e. The van der Waals surface area contributed by atoms with Crippen LogP contribution in [0.1, 0.15) is 32.6 Å². The second-order valence-electron chi connectivity index (χ2n) is 3.78. The van der Waals surface area contributed by atoms with Gasteiger partial charge in [0.15, 0.2) is 0 Å². The number of nitrogens with one attached hydrogen (secondary N) is 3. The van der Waals surface area contributed by atoms with Crippen LogP contribution in [0, 0.1) is 0 Å². The summed E-state index contributed by atoms with van der Waals surface area (Å²) in [6, 6.07) is 0.675. The highest BCUT2D eigenvalue weighted by Crippen LogP contribution is 2.18. The van der Waals surface area contributed by atoms with Crippen LogP contribution in [0.5, 0.6) is 0 Å². The molecule has 4 heteroatoms. The third-order valence-corrected chi connectivity index (χ3v) is 2.78. The van der Waals surface area contributed by atoms with E-state index < -0.39 is 0 Å². The van der Waals surface area contributed by atoms with Crippen molar-refractivity contribution in [1.82, 2.24) is 16.0 Å². The Labute approximate surface area is 85.8 Å². The van der Waals surface area contributed by atoms with Crippen LogP contribution >= 0.6 is 0 Å². The molecule has 14 heavy (non-hydrogen) atoms. The molecule has 1 rings (SSSR count). The first-order chi connectivity index (χ1) is 6.77. The molecule has 3 N–H and O–H groups in total. The molecule has 2 atom stereocenters. The predicted octanol–water partition coefficient (Wildman–Crippen LogP) is 0.836. The molecule has 1 saturated carbocycles. The van der Waals surface area contributed by atoms with Crippen molar-refractivity contribution in [2.75, 3.05) is 13.6 Å². The lowest BCUT2D eigenvalue weighted by molar-refractivity contribution is 0.226. The van der Waals surface area contributed by atoms with E-state index in [2.05, 4.69) is 22.9 Å². The number of hydrogen-bond acceptors (Lipinski definition) is 2. The summed E-state index contributed by atoms with van der Waals surface area (Å²) < 4.78 is 0. The monoisotopic (exact) mass is 199 g/mol. The Morgan fingerprint density at radius 3 is 2.50 bits per heavy atom. The van der Waals surface area contributed by atoms with Gasteiger partial charge in [0.05, 0.1) is 0 Å². The van der Waals surface area contributed by atoms with Crippen molar-refractivity contribution < 1.29 is 4.79 Å². The largest absolute Gasteiger partial charge is 0.341 e. The SMILES string of the molecule is CCN[C@@H]1CCCCC1NC(=O)NC. The molecule has 2 amide bonds. The standard InChI is InChI=1S/C10H21N3O/c1-3-12-8-6-4-5-7-9(8)13-10(14)11-2/h8-9,12H,3-7H2,1-2H3,(H2,11,13,14)/t8-,9?/m1/s1. The maximum atomic E-state index is 11.2. The van der Waals surface area contributed by atoms with Crippen LogP contribution in [0.25, 0.3) is 0 Å². The van der Waals surface area contributed by atoms with Gasteiger partial charge in [-0.05, 0) is 19.4 Å². The highest BCUT2D eigenvalue weighted by Gasteiger charge is 2.25. The number of likely N-dealkylation sites (N-methyl/N-ethyl adjacent to an activating group) is 1. The third-order valence-electron chi connectivity index (χ3n) is 2.78. The molecule has 0 aromatic rings. The van der Waals surface area contributed by atoms with E-state index in [1.54, 1.807) is 7.05 Å². The van der Waals surface area contributed by atoms with E-state index in [-0.39, 0.29) is 6.03 Å². The second kappa shape index (κ2) is 5.86. The molecule has 0 bridgehead atoms. The van der Waals surface area contributed by atoms with Gasteiger partial charge >= 0.3 is 6.03 Å². The first-order valence-corrected chi connectivity index (χ1v) is 5.49. The summed E-state index contributed by atoms with van der Waals surface area (Å²) in [4.78, 5) is 11.2. The van der Waals surface area contributed by atoms with Gasteiger partial charge in [0.2, 0.25) is 0 Å². The lowest BCUT2D eigenvalue weighted by Gasteiger charge is -2.32. The van der Waals surface area contributed by atoms with Crippen molar-refractivity contribution in [2.45, 2.75) is 44.7 Å². The zero-order valence-corrected chi connectivity index (χ0v) is 9.10. The second-order valence-corrected chi connectivity index (χ2v) is 3.78. The van der Waals surface area contributed by atoms with Gasteiger partial charge in [-0.3, -0.25) is 0 Å². The molecule has 1 aliphatic carbocycles. The normalized spacial score (nSPS) is 27.0. The number of carbonyl (C=O) groups is 1. The Bertz CT molecular complexity index is 182. The van der Waals surface area contributed by atoms with Gasteiger partial charge in [0.1, 0.15) is 0 Å². The molecule has 1 fully saturated rings. The quantitative estimate of drug-likeness (QED) is 0.631. The molecule has 0 aromatic carbocycles. The molecule has 0 aliphatic heterocycles. The third kappa shape index (κ3) is 3.18. The molecule has 0 heterocycles.